The Hall–Kier alpha value is -4.91. The lowest BCUT2D eigenvalue weighted by Gasteiger charge is -2.23. The van der Waals surface area contributed by atoms with Gasteiger partial charge in [0.1, 0.15) is 30.5 Å². The van der Waals surface area contributed by atoms with Crippen LogP contribution < -0.4 is 20.1 Å². The van der Waals surface area contributed by atoms with Gasteiger partial charge in [0.25, 0.3) is 5.91 Å². The van der Waals surface area contributed by atoms with Gasteiger partial charge in [-0.05, 0) is 48.4 Å². The van der Waals surface area contributed by atoms with Crippen molar-refractivity contribution in [1.82, 2.24) is 5.32 Å². The molecule has 4 aromatic rings. The van der Waals surface area contributed by atoms with Gasteiger partial charge in [-0.15, -0.1) is 0 Å². The van der Waals surface area contributed by atoms with Crippen molar-refractivity contribution < 1.29 is 23.5 Å². The van der Waals surface area contributed by atoms with Crippen LogP contribution in [0.2, 0.25) is 0 Å². The molecule has 2 N–H and O–H groups in total. The number of carbonyl (C=O) groups excluding carboxylic acids is 2. The molecule has 0 saturated carbocycles. The van der Waals surface area contributed by atoms with E-state index in [9.17, 15) is 14.0 Å². The van der Waals surface area contributed by atoms with E-state index in [1.807, 2.05) is 60.7 Å². The standard InChI is InChI=1S/C33H31FN2O4/c1-22(2)31(33(38)35-3)27-18-28(32(37)36-26-16-14-25(34)15-17-26)30(40-21-24-12-8-5-9-13-24)19-29(27)39-20-23-10-6-4-7-11-23/h4-19,31H,1,20-21H2,2-3H3,(H,35,38)(H,36,37). The van der Waals surface area contributed by atoms with Gasteiger partial charge in [-0.2, -0.15) is 0 Å². The Kier molecular flexibility index (Phi) is 9.31. The van der Waals surface area contributed by atoms with Crippen molar-refractivity contribution in [2.75, 3.05) is 12.4 Å². The molecule has 4 aromatic carbocycles. The smallest absolute Gasteiger partial charge is 0.259 e. The van der Waals surface area contributed by atoms with Crippen LogP contribution in [0.5, 0.6) is 11.5 Å². The monoisotopic (exact) mass is 538 g/mol. The first-order valence-corrected chi connectivity index (χ1v) is 12.8. The molecule has 0 aliphatic rings. The molecule has 4 rings (SSSR count). The second kappa shape index (κ2) is 13.2. The lowest BCUT2D eigenvalue weighted by Crippen LogP contribution is -2.27. The van der Waals surface area contributed by atoms with Crippen LogP contribution in [0.1, 0.15) is 39.9 Å². The Morgan fingerprint density at radius 1 is 0.825 bits per heavy atom. The fraction of sp³-hybridized carbons (Fsp3) is 0.152. The third kappa shape index (κ3) is 7.14. The Bertz CT molecular complexity index is 1470. The van der Waals surface area contributed by atoms with Crippen LogP contribution >= 0.6 is 0 Å². The van der Waals surface area contributed by atoms with Crippen molar-refractivity contribution >= 4 is 17.5 Å². The zero-order valence-electron chi connectivity index (χ0n) is 22.4. The van der Waals surface area contributed by atoms with Crippen LogP contribution in [0.3, 0.4) is 0 Å². The van der Waals surface area contributed by atoms with E-state index < -0.39 is 17.6 Å². The quantitative estimate of drug-likeness (QED) is 0.210. The van der Waals surface area contributed by atoms with Crippen LogP contribution in [0, 0.1) is 5.82 Å². The number of ether oxygens (including phenoxy) is 2. The minimum atomic E-state index is -0.781. The van der Waals surface area contributed by atoms with Crippen molar-refractivity contribution in [3.8, 4) is 11.5 Å². The molecule has 0 radical (unpaired) electrons. The van der Waals surface area contributed by atoms with Gasteiger partial charge in [0.15, 0.2) is 0 Å². The number of likely N-dealkylation sites (N-methyl/N-ethyl adjacent to an activating group) is 1. The van der Waals surface area contributed by atoms with E-state index in [-0.39, 0.29) is 30.4 Å². The van der Waals surface area contributed by atoms with Crippen molar-refractivity contribution in [3.05, 3.63) is 137 Å². The predicted octanol–water partition coefficient (Wildman–Crippen LogP) is 6.64. The molecular weight excluding hydrogens is 507 g/mol. The summed E-state index contributed by atoms with van der Waals surface area (Å²) in [5, 5.41) is 5.47. The molecule has 0 aromatic heterocycles. The van der Waals surface area contributed by atoms with Gasteiger partial charge in [-0.1, -0.05) is 72.8 Å². The topological polar surface area (TPSA) is 76.7 Å². The molecule has 2 amide bonds. The van der Waals surface area contributed by atoms with Gasteiger partial charge in [-0.25, -0.2) is 4.39 Å². The van der Waals surface area contributed by atoms with Crippen molar-refractivity contribution in [1.29, 1.82) is 0 Å². The SMILES string of the molecule is C=C(C)C(C(=O)NC)c1cc(C(=O)Nc2ccc(F)cc2)c(OCc2ccccc2)cc1OCc1ccccc1. The summed E-state index contributed by atoms with van der Waals surface area (Å²) < 4.78 is 25.8. The summed E-state index contributed by atoms with van der Waals surface area (Å²) in [4.78, 5) is 26.5. The van der Waals surface area contributed by atoms with Crippen molar-refractivity contribution in [2.45, 2.75) is 26.1 Å². The highest BCUT2D eigenvalue weighted by Crippen LogP contribution is 2.38. The first kappa shape index (κ1) is 28.1. The number of amides is 2. The number of nitrogens with one attached hydrogen (secondary N) is 2. The number of anilines is 1. The van der Waals surface area contributed by atoms with E-state index in [1.54, 1.807) is 26.1 Å². The number of halogens is 1. The van der Waals surface area contributed by atoms with Crippen LogP contribution in [-0.4, -0.2) is 18.9 Å². The van der Waals surface area contributed by atoms with E-state index in [0.29, 0.717) is 22.6 Å². The molecule has 0 heterocycles. The molecule has 40 heavy (non-hydrogen) atoms. The molecule has 1 atom stereocenters. The van der Waals surface area contributed by atoms with Crippen LogP contribution in [0.4, 0.5) is 10.1 Å². The van der Waals surface area contributed by atoms with Crippen LogP contribution in [-0.2, 0) is 18.0 Å². The number of benzene rings is 4. The van der Waals surface area contributed by atoms with Gasteiger partial charge in [0.05, 0.1) is 11.5 Å². The lowest BCUT2D eigenvalue weighted by atomic mass is 9.89. The summed E-state index contributed by atoms with van der Waals surface area (Å²) in [6.07, 6.45) is 0. The number of hydrogen-bond donors (Lipinski definition) is 2. The number of hydrogen-bond acceptors (Lipinski definition) is 4. The van der Waals surface area contributed by atoms with Gasteiger partial charge in [0.2, 0.25) is 5.91 Å². The highest BCUT2D eigenvalue weighted by atomic mass is 19.1. The summed E-state index contributed by atoms with van der Waals surface area (Å²) in [6.45, 7) is 6.22. The molecule has 204 valence electrons. The fourth-order valence-corrected chi connectivity index (χ4v) is 4.20. The van der Waals surface area contributed by atoms with E-state index in [0.717, 1.165) is 11.1 Å². The third-order valence-electron chi connectivity index (χ3n) is 6.25. The summed E-state index contributed by atoms with van der Waals surface area (Å²) >= 11 is 0. The normalized spacial score (nSPS) is 11.3. The van der Waals surface area contributed by atoms with E-state index in [2.05, 4.69) is 17.2 Å². The molecule has 0 fully saturated rings. The Balaban J connectivity index is 1.79. The van der Waals surface area contributed by atoms with Gasteiger partial charge in [-0.3, -0.25) is 9.59 Å². The summed E-state index contributed by atoms with van der Waals surface area (Å²) in [7, 11) is 1.54. The molecular formula is C33H31FN2O4. The Morgan fingerprint density at radius 2 is 1.38 bits per heavy atom. The maximum Gasteiger partial charge on any atom is 0.259 e. The van der Waals surface area contributed by atoms with Crippen LogP contribution in [0.25, 0.3) is 0 Å². The van der Waals surface area contributed by atoms with E-state index in [4.69, 9.17) is 9.47 Å². The largest absolute Gasteiger partial charge is 0.488 e. The minimum absolute atomic E-state index is 0.192. The van der Waals surface area contributed by atoms with Crippen molar-refractivity contribution in [2.24, 2.45) is 0 Å². The highest BCUT2D eigenvalue weighted by Gasteiger charge is 2.28. The number of carbonyl (C=O) groups is 2. The van der Waals surface area contributed by atoms with Crippen molar-refractivity contribution in [3.63, 3.8) is 0 Å². The maximum atomic E-state index is 13.6. The van der Waals surface area contributed by atoms with E-state index in [1.165, 1.54) is 24.3 Å². The molecule has 1 unspecified atom stereocenters. The molecule has 0 aliphatic carbocycles. The van der Waals surface area contributed by atoms with Gasteiger partial charge < -0.3 is 20.1 Å². The lowest BCUT2D eigenvalue weighted by molar-refractivity contribution is -0.121. The van der Waals surface area contributed by atoms with E-state index >= 15 is 0 Å². The molecule has 0 bridgehead atoms. The zero-order chi connectivity index (χ0) is 28.5. The predicted molar refractivity (Wildman–Crippen MR) is 154 cm³/mol. The summed E-state index contributed by atoms with van der Waals surface area (Å²) in [6, 6.07) is 27.9. The minimum Gasteiger partial charge on any atom is -0.488 e. The molecule has 0 spiro atoms. The summed E-state index contributed by atoms with van der Waals surface area (Å²) in [5.74, 6) is -1.31. The second-order valence-electron chi connectivity index (χ2n) is 9.29. The van der Waals surface area contributed by atoms with Crippen LogP contribution in [0.15, 0.2) is 109 Å². The highest BCUT2D eigenvalue weighted by molar-refractivity contribution is 6.07. The molecule has 0 aliphatic heterocycles. The molecule has 0 saturated heterocycles. The first-order chi connectivity index (χ1) is 19.4. The first-order valence-electron chi connectivity index (χ1n) is 12.8. The second-order valence-corrected chi connectivity index (χ2v) is 9.29. The Labute approximate surface area is 233 Å². The van der Waals surface area contributed by atoms with Gasteiger partial charge in [0, 0.05) is 24.4 Å². The Morgan fingerprint density at radius 3 is 1.90 bits per heavy atom. The molecule has 6 nitrogen and oxygen atoms in total. The maximum absolute atomic E-state index is 13.6. The number of rotatable bonds is 11. The third-order valence-corrected chi connectivity index (χ3v) is 6.25. The molecule has 7 heteroatoms. The summed E-state index contributed by atoms with van der Waals surface area (Å²) in [5.41, 5.74) is 3.50. The zero-order valence-corrected chi connectivity index (χ0v) is 22.4. The van der Waals surface area contributed by atoms with Gasteiger partial charge >= 0.3 is 0 Å². The average molecular weight is 539 g/mol. The fourth-order valence-electron chi connectivity index (χ4n) is 4.20. The average Bonchev–Trinajstić information content (AvgIpc) is 2.97.